The molecule has 0 radical (unpaired) electrons. The summed E-state index contributed by atoms with van der Waals surface area (Å²) in [6.45, 7) is 3.97. The van der Waals surface area contributed by atoms with Crippen LogP contribution in [0, 0.1) is 5.41 Å². The number of aryl methyl sites for hydroxylation is 1. The minimum absolute atomic E-state index is 0.452. The Morgan fingerprint density at radius 3 is 2.71 bits per heavy atom. The summed E-state index contributed by atoms with van der Waals surface area (Å²) in [5.74, 6) is -1.58. The van der Waals surface area contributed by atoms with Crippen molar-refractivity contribution in [1.29, 1.82) is 0 Å². The van der Waals surface area contributed by atoms with E-state index in [-0.39, 0.29) is 0 Å². The molecule has 0 aliphatic carbocycles. The second kappa shape index (κ2) is 5.47. The number of nitrogens with zero attached hydrogens (tertiary/aromatic N) is 2. The minimum atomic E-state index is -1.38. The molecule has 0 saturated heterocycles. The topological polar surface area (TPSA) is 84.2 Å². The number of aliphatic carboxylic acids is 1. The van der Waals surface area contributed by atoms with Crippen molar-refractivity contribution < 1.29 is 14.7 Å². The first kappa shape index (κ1) is 13.2. The first-order valence-corrected chi connectivity index (χ1v) is 5.42. The van der Waals surface area contributed by atoms with Crippen molar-refractivity contribution in [3.8, 4) is 0 Å². The van der Waals surface area contributed by atoms with Crippen LogP contribution in [0.2, 0.25) is 0 Å². The highest BCUT2D eigenvalue weighted by Crippen LogP contribution is 2.14. The van der Waals surface area contributed by atoms with E-state index in [1.165, 1.54) is 13.8 Å². The first-order chi connectivity index (χ1) is 7.94. The number of amides is 1. The Morgan fingerprint density at radius 2 is 2.18 bits per heavy atom. The highest BCUT2D eigenvalue weighted by Gasteiger charge is 2.35. The molecule has 1 amide bonds. The average Bonchev–Trinajstić information content (AvgIpc) is 2.76. The Morgan fingerprint density at radius 1 is 1.47 bits per heavy atom. The Kier molecular flexibility index (Phi) is 4.25. The number of aromatic nitrogens is 2. The minimum Gasteiger partial charge on any atom is -0.480 e. The van der Waals surface area contributed by atoms with E-state index in [1.807, 2.05) is 10.8 Å². The van der Waals surface area contributed by atoms with Crippen molar-refractivity contribution >= 4 is 11.9 Å². The van der Waals surface area contributed by atoms with Gasteiger partial charge in [-0.2, -0.15) is 0 Å². The lowest BCUT2D eigenvalue weighted by Gasteiger charge is -2.18. The van der Waals surface area contributed by atoms with Gasteiger partial charge in [0.2, 0.25) is 5.91 Å². The fourth-order valence-corrected chi connectivity index (χ4v) is 1.20. The number of hydrogen-bond acceptors (Lipinski definition) is 3. The molecule has 0 bridgehead atoms. The van der Waals surface area contributed by atoms with Crippen molar-refractivity contribution in [1.82, 2.24) is 14.9 Å². The Labute approximate surface area is 99.7 Å². The molecule has 0 aromatic carbocycles. The fraction of sp³-hybridized carbons (Fsp3) is 0.545. The highest BCUT2D eigenvalue weighted by atomic mass is 16.4. The van der Waals surface area contributed by atoms with Crippen molar-refractivity contribution in [2.45, 2.75) is 26.8 Å². The molecule has 0 atom stereocenters. The quantitative estimate of drug-likeness (QED) is 0.559. The van der Waals surface area contributed by atoms with Crippen molar-refractivity contribution in [3.05, 3.63) is 18.7 Å². The van der Waals surface area contributed by atoms with E-state index in [4.69, 9.17) is 5.11 Å². The lowest BCUT2D eigenvalue weighted by atomic mass is 9.93. The molecule has 1 heterocycles. The van der Waals surface area contributed by atoms with Gasteiger partial charge in [-0.15, -0.1) is 0 Å². The summed E-state index contributed by atoms with van der Waals surface area (Å²) in [5, 5.41) is 11.5. The molecule has 1 rings (SSSR count). The van der Waals surface area contributed by atoms with E-state index in [9.17, 15) is 9.59 Å². The zero-order valence-corrected chi connectivity index (χ0v) is 10.0. The zero-order valence-electron chi connectivity index (χ0n) is 10.0. The van der Waals surface area contributed by atoms with Crippen LogP contribution in [-0.4, -0.2) is 33.1 Å². The van der Waals surface area contributed by atoms with E-state index >= 15 is 0 Å². The van der Waals surface area contributed by atoms with Gasteiger partial charge >= 0.3 is 5.97 Å². The molecule has 0 saturated carbocycles. The van der Waals surface area contributed by atoms with Crippen molar-refractivity contribution in [2.24, 2.45) is 5.41 Å². The molecule has 0 aliphatic rings. The summed E-state index contributed by atoms with van der Waals surface area (Å²) in [6.07, 6.45) is 5.95. The van der Waals surface area contributed by atoms with Crippen LogP contribution in [0.4, 0.5) is 0 Å². The van der Waals surface area contributed by atoms with Crippen molar-refractivity contribution in [2.75, 3.05) is 6.54 Å². The first-order valence-electron chi connectivity index (χ1n) is 5.42. The van der Waals surface area contributed by atoms with Crippen molar-refractivity contribution in [3.63, 3.8) is 0 Å². The third-order valence-electron chi connectivity index (χ3n) is 2.54. The van der Waals surface area contributed by atoms with Gasteiger partial charge in [-0.3, -0.25) is 9.59 Å². The van der Waals surface area contributed by atoms with Gasteiger partial charge in [0, 0.05) is 25.5 Å². The van der Waals surface area contributed by atoms with Gasteiger partial charge in [0.15, 0.2) is 0 Å². The maximum atomic E-state index is 11.6. The molecule has 6 heteroatoms. The SMILES string of the molecule is CC(C)(C(=O)O)C(=O)NCCCn1ccnc1. The van der Waals surface area contributed by atoms with Gasteiger partial charge < -0.3 is 15.0 Å². The standard InChI is InChI=1S/C11H17N3O3/c1-11(2,10(16)17)9(15)13-4-3-6-14-7-5-12-8-14/h5,7-8H,3-4,6H2,1-2H3,(H,13,15)(H,16,17). The molecule has 0 unspecified atom stereocenters. The Bertz CT molecular complexity index is 385. The van der Waals surface area contributed by atoms with Crippen LogP contribution in [0.15, 0.2) is 18.7 Å². The van der Waals surface area contributed by atoms with Gasteiger partial charge in [-0.1, -0.05) is 0 Å². The second-order valence-electron chi connectivity index (χ2n) is 4.34. The monoisotopic (exact) mass is 239 g/mol. The molecular formula is C11H17N3O3. The molecular weight excluding hydrogens is 222 g/mol. The van der Waals surface area contributed by atoms with Gasteiger partial charge in [0.25, 0.3) is 0 Å². The molecule has 17 heavy (non-hydrogen) atoms. The highest BCUT2D eigenvalue weighted by molar-refractivity contribution is 6.00. The van der Waals surface area contributed by atoms with Gasteiger partial charge in [-0.25, -0.2) is 4.98 Å². The Hall–Kier alpha value is -1.85. The summed E-state index contributed by atoms with van der Waals surface area (Å²) in [7, 11) is 0. The maximum Gasteiger partial charge on any atom is 0.318 e. The number of carbonyl (C=O) groups is 2. The summed E-state index contributed by atoms with van der Waals surface area (Å²) < 4.78 is 1.90. The number of hydrogen-bond donors (Lipinski definition) is 2. The molecule has 94 valence electrons. The predicted octanol–water partition coefficient (Wildman–Crippen LogP) is 0.500. The third kappa shape index (κ3) is 3.58. The van der Waals surface area contributed by atoms with E-state index in [0.29, 0.717) is 6.54 Å². The van der Waals surface area contributed by atoms with E-state index in [1.54, 1.807) is 12.5 Å². The largest absolute Gasteiger partial charge is 0.480 e. The third-order valence-corrected chi connectivity index (χ3v) is 2.54. The molecule has 0 spiro atoms. The summed E-state index contributed by atoms with van der Waals surface area (Å²) in [6, 6.07) is 0. The number of carbonyl (C=O) groups excluding carboxylic acids is 1. The van der Waals surface area contributed by atoms with Gasteiger partial charge in [0.05, 0.1) is 6.33 Å². The molecule has 0 aliphatic heterocycles. The van der Waals surface area contributed by atoms with Crippen LogP contribution >= 0.6 is 0 Å². The summed E-state index contributed by atoms with van der Waals surface area (Å²) in [5.41, 5.74) is -1.38. The fourth-order valence-electron chi connectivity index (χ4n) is 1.20. The Balaban J connectivity index is 2.27. The average molecular weight is 239 g/mol. The van der Waals surface area contributed by atoms with Crippen LogP contribution in [0.1, 0.15) is 20.3 Å². The lowest BCUT2D eigenvalue weighted by molar-refractivity contribution is -0.153. The number of imidazole rings is 1. The maximum absolute atomic E-state index is 11.6. The van der Waals surface area contributed by atoms with E-state index in [0.717, 1.165) is 13.0 Å². The number of nitrogens with one attached hydrogen (secondary N) is 1. The molecule has 2 N–H and O–H groups in total. The van der Waals surface area contributed by atoms with Crippen LogP contribution in [-0.2, 0) is 16.1 Å². The van der Waals surface area contributed by atoms with E-state index in [2.05, 4.69) is 10.3 Å². The van der Waals surface area contributed by atoms with Crippen LogP contribution in [0.25, 0.3) is 0 Å². The number of rotatable bonds is 6. The van der Waals surface area contributed by atoms with E-state index < -0.39 is 17.3 Å². The smallest absolute Gasteiger partial charge is 0.318 e. The summed E-state index contributed by atoms with van der Waals surface area (Å²) in [4.78, 5) is 26.3. The number of carboxylic acid groups (broad SMARTS) is 1. The summed E-state index contributed by atoms with van der Waals surface area (Å²) >= 11 is 0. The zero-order chi connectivity index (χ0) is 12.9. The molecule has 6 nitrogen and oxygen atoms in total. The predicted molar refractivity (Wildman–Crippen MR) is 61.3 cm³/mol. The molecule has 1 aromatic rings. The molecule has 1 aromatic heterocycles. The van der Waals surface area contributed by atoms with Crippen LogP contribution < -0.4 is 5.32 Å². The second-order valence-corrected chi connectivity index (χ2v) is 4.34. The molecule has 0 fully saturated rings. The van der Waals surface area contributed by atoms with Crippen LogP contribution in [0.3, 0.4) is 0 Å². The van der Waals surface area contributed by atoms with Gasteiger partial charge in [-0.05, 0) is 20.3 Å². The van der Waals surface area contributed by atoms with Gasteiger partial charge in [0.1, 0.15) is 5.41 Å². The normalized spacial score (nSPS) is 11.2. The number of carboxylic acids is 1. The lowest BCUT2D eigenvalue weighted by Crippen LogP contribution is -2.42. The van der Waals surface area contributed by atoms with Crippen LogP contribution in [0.5, 0.6) is 0 Å².